The third-order valence-corrected chi connectivity index (χ3v) is 0. The Morgan fingerprint density at radius 3 is 1.00 bits per heavy atom. The van der Waals surface area contributed by atoms with Crippen molar-refractivity contribution in [1.29, 1.82) is 0 Å². The van der Waals surface area contributed by atoms with Crippen LogP contribution in [0, 0.1) is 0 Å². The fourth-order valence-electron chi connectivity index (χ4n) is 0. The SMILES string of the molecule is [Co].[Fe].[Nb].[Sr]. The van der Waals surface area contributed by atoms with Crippen molar-refractivity contribution in [3.8, 4) is 0 Å². The summed E-state index contributed by atoms with van der Waals surface area (Å²) >= 11 is 0. The molecule has 0 unspecified atom stereocenters. The summed E-state index contributed by atoms with van der Waals surface area (Å²) in [7, 11) is 0. The molecule has 0 aromatic carbocycles. The van der Waals surface area contributed by atoms with E-state index in [-0.39, 0.29) is 102 Å². The fraction of sp³-hybridized carbons (Fsp3) is 0. The van der Waals surface area contributed by atoms with Gasteiger partial charge < -0.3 is 0 Å². The van der Waals surface area contributed by atoms with E-state index in [1.165, 1.54) is 0 Å². The van der Waals surface area contributed by atoms with Crippen LogP contribution in [-0.4, -0.2) is 45.5 Å². The van der Waals surface area contributed by atoms with E-state index in [1.807, 2.05) is 0 Å². The van der Waals surface area contributed by atoms with Crippen molar-refractivity contribution in [2.24, 2.45) is 0 Å². The Hall–Kier alpha value is 3.25. The molecule has 0 heterocycles. The van der Waals surface area contributed by atoms with Crippen molar-refractivity contribution in [1.82, 2.24) is 0 Å². The molecule has 0 aliphatic carbocycles. The van der Waals surface area contributed by atoms with Gasteiger partial charge in [0.25, 0.3) is 0 Å². The fourth-order valence-corrected chi connectivity index (χ4v) is 0. The van der Waals surface area contributed by atoms with Crippen molar-refractivity contribution >= 4 is 45.5 Å². The van der Waals surface area contributed by atoms with Crippen LogP contribution < -0.4 is 0 Å². The molecule has 0 aliphatic rings. The van der Waals surface area contributed by atoms with Crippen molar-refractivity contribution in [2.45, 2.75) is 0 Å². The smallest absolute Gasteiger partial charge is 0 e. The van der Waals surface area contributed by atoms with Crippen LogP contribution >= 0.6 is 0 Å². The maximum atomic E-state index is 0. The molecule has 0 fully saturated rings. The molecule has 0 N–H and O–H groups in total. The van der Waals surface area contributed by atoms with E-state index in [2.05, 4.69) is 0 Å². The minimum absolute atomic E-state index is 0. The van der Waals surface area contributed by atoms with Crippen LogP contribution in [0.5, 0.6) is 0 Å². The summed E-state index contributed by atoms with van der Waals surface area (Å²) in [6.07, 6.45) is 0. The van der Waals surface area contributed by atoms with E-state index in [1.54, 1.807) is 0 Å². The Bertz CT molecular complexity index is 8.00. The van der Waals surface area contributed by atoms with Crippen LogP contribution in [0.4, 0.5) is 0 Å². The average molecular weight is 295 g/mol. The van der Waals surface area contributed by atoms with Crippen LogP contribution in [0.25, 0.3) is 0 Å². The molecular formula is CoFeNbSr. The Morgan fingerprint density at radius 2 is 1.00 bits per heavy atom. The summed E-state index contributed by atoms with van der Waals surface area (Å²) in [6.45, 7) is 0. The first-order valence-electron chi connectivity index (χ1n) is 0. The first kappa shape index (κ1) is 26.8. The molecule has 0 aliphatic heterocycles. The summed E-state index contributed by atoms with van der Waals surface area (Å²) in [5.41, 5.74) is 0. The molecule has 0 aromatic rings. The predicted molar refractivity (Wildman–Crippen MR) is 5.75 cm³/mol. The summed E-state index contributed by atoms with van der Waals surface area (Å²) in [6, 6.07) is 0. The van der Waals surface area contributed by atoms with Gasteiger partial charge >= 0.3 is 0 Å². The second-order valence-electron chi connectivity index (χ2n) is 0. The normalized spacial score (nSPS) is 0. The second kappa shape index (κ2) is 16.3. The van der Waals surface area contributed by atoms with Gasteiger partial charge in [-0.05, 0) is 0 Å². The van der Waals surface area contributed by atoms with E-state index in [0.29, 0.717) is 0 Å². The molecule has 0 saturated heterocycles. The van der Waals surface area contributed by atoms with Crippen LogP contribution in [0.15, 0.2) is 0 Å². The van der Waals surface area contributed by atoms with Gasteiger partial charge in [0.15, 0.2) is 0 Å². The van der Waals surface area contributed by atoms with Crippen molar-refractivity contribution in [3.05, 3.63) is 0 Å². The number of hydrogen-bond acceptors (Lipinski definition) is 0. The third-order valence-electron chi connectivity index (χ3n) is 0. The van der Waals surface area contributed by atoms with Gasteiger partial charge in [0.05, 0.1) is 0 Å². The second-order valence-corrected chi connectivity index (χ2v) is 0. The monoisotopic (exact) mass is 296 g/mol. The molecule has 0 atom stereocenters. The number of hydrogen-bond donors (Lipinski definition) is 0. The van der Waals surface area contributed by atoms with Gasteiger partial charge in [-0.25, -0.2) is 0 Å². The predicted octanol–water partition coefficient (Wildman–Crippen LogP) is -0.388. The maximum Gasteiger partial charge on any atom is 0 e. The molecule has 0 aromatic heterocycles. The van der Waals surface area contributed by atoms with E-state index >= 15 is 0 Å². The van der Waals surface area contributed by atoms with Crippen LogP contribution in [0.1, 0.15) is 0 Å². The van der Waals surface area contributed by atoms with Crippen LogP contribution in [0.3, 0.4) is 0 Å². The molecule has 4 radical (unpaired) electrons. The van der Waals surface area contributed by atoms with Crippen molar-refractivity contribution < 1.29 is 56.2 Å². The van der Waals surface area contributed by atoms with Gasteiger partial charge in [0.2, 0.25) is 0 Å². The molecule has 0 rings (SSSR count). The first-order valence-corrected chi connectivity index (χ1v) is 0. The minimum Gasteiger partial charge on any atom is 0 e. The van der Waals surface area contributed by atoms with Crippen LogP contribution in [-0.2, 0) is 56.2 Å². The van der Waals surface area contributed by atoms with Gasteiger partial charge in [-0.1, -0.05) is 0 Å². The molecule has 24 valence electrons. The molecule has 4 heteroatoms. The molecule has 0 bridgehead atoms. The maximum absolute atomic E-state index is 0. The number of rotatable bonds is 0. The molecule has 0 saturated carbocycles. The Kier molecular flexibility index (Phi) is 109. The van der Waals surface area contributed by atoms with E-state index in [4.69, 9.17) is 0 Å². The van der Waals surface area contributed by atoms with Gasteiger partial charge in [-0.15, -0.1) is 0 Å². The standard InChI is InChI=1S/Co.Fe.Nb.Sr. The molecule has 0 spiro atoms. The van der Waals surface area contributed by atoms with Crippen molar-refractivity contribution in [3.63, 3.8) is 0 Å². The van der Waals surface area contributed by atoms with E-state index in [9.17, 15) is 0 Å². The Balaban J connectivity index is 0. The zero-order valence-electron chi connectivity index (χ0n) is 1.84. The largest absolute Gasteiger partial charge is 0 e. The van der Waals surface area contributed by atoms with Gasteiger partial charge in [0, 0.05) is 102 Å². The van der Waals surface area contributed by atoms with E-state index in [0.717, 1.165) is 0 Å². The molecule has 4 heavy (non-hydrogen) atoms. The summed E-state index contributed by atoms with van der Waals surface area (Å²) < 4.78 is 0. The summed E-state index contributed by atoms with van der Waals surface area (Å²) in [4.78, 5) is 0. The van der Waals surface area contributed by atoms with E-state index < -0.39 is 0 Å². The van der Waals surface area contributed by atoms with Gasteiger partial charge in [0.1, 0.15) is 0 Å². The molecular weight excluding hydrogens is 295 g/mol. The topological polar surface area (TPSA) is 0 Å². The van der Waals surface area contributed by atoms with Gasteiger partial charge in [-0.3, -0.25) is 0 Å². The Labute approximate surface area is 99.3 Å². The molecule has 0 nitrogen and oxygen atoms in total. The minimum atomic E-state index is 0. The average Bonchev–Trinajstić information content (AvgIpc) is 0. The zero-order valence-corrected chi connectivity index (χ0v) is 9.66. The van der Waals surface area contributed by atoms with Crippen LogP contribution in [0.2, 0.25) is 0 Å². The Morgan fingerprint density at radius 1 is 1.00 bits per heavy atom. The third kappa shape index (κ3) is 8.98. The first-order chi connectivity index (χ1) is 0. The quantitative estimate of drug-likeness (QED) is 0.534. The summed E-state index contributed by atoms with van der Waals surface area (Å²) in [5.74, 6) is 0. The summed E-state index contributed by atoms with van der Waals surface area (Å²) in [5, 5.41) is 0. The van der Waals surface area contributed by atoms with Gasteiger partial charge in [-0.2, -0.15) is 0 Å². The van der Waals surface area contributed by atoms with Crippen molar-refractivity contribution in [2.75, 3.05) is 0 Å². The zero-order chi connectivity index (χ0) is 0. The molecule has 0 amide bonds.